The first-order valence-corrected chi connectivity index (χ1v) is 5.67. The highest BCUT2D eigenvalue weighted by atomic mass is 16.5. The molecule has 1 nitrogen and oxygen atoms in total. The molecule has 0 aromatic rings. The maximum absolute atomic E-state index is 5.96. The molecule has 0 saturated carbocycles. The van der Waals surface area contributed by atoms with Crippen LogP contribution in [0, 0.1) is 11.8 Å². The molecular weight excluding hydrogens is 172 g/mol. The van der Waals surface area contributed by atoms with Crippen LogP contribution in [-0.4, -0.2) is 6.10 Å². The number of hydrogen-bond acceptors (Lipinski definition) is 1. The van der Waals surface area contributed by atoms with Gasteiger partial charge in [-0.05, 0) is 38.2 Å². The first-order chi connectivity index (χ1) is 6.59. The largest absolute Gasteiger partial charge is 0.494 e. The summed E-state index contributed by atoms with van der Waals surface area (Å²) in [7, 11) is 0. The fraction of sp³-hybridized carbons (Fsp3) is 0.692. The van der Waals surface area contributed by atoms with Gasteiger partial charge in [-0.2, -0.15) is 0 Å². The zero-order valence-corrected chi connectivity index (χ0v) is 9.63. The highest BCUT2D eigenvalue weighted by Crippen LogP contribution is 2.39. The van der Waals surface area contributed by atoms with E-state index in [-0.39, 0.29) is 0 Å². The van der Waals surface area contributed by atoms with E-state index < -0.39 is 0 Å². The summed E-state index contributed by atoms with van der Waals surface area (Å²) in [4.78, 5) is 0. The van der Waals surface area contributed by atoms with Gasteiger partial charge in [-0.1, -0.05) is 25.5 Å². The summed E-state index contributed by atoms with van der Waals surface area (Å²) >= 11 is 0. The Kier molecular flexibility index (Phi) is 2.42. The second-order valence-electron chi connectivity index (χ2n) is 4.82. The quantitative estimate of drug-likeness (QED) is 0.569. The molecule has 0 bridgehead atoms. The van der Waals surface area contributed by atoms with E-state index in [0.717, 1.165) is 0 Å². The Morgan fingerprint density at radius 3 is 2.64 bits per heavy atom. The van der Waals surface area contributed by atoms with Crippen molar-refractivity contribution in [3.05, 3.63) is 23.0 Å². The van der Waals surface area contributed by atoms with E-state index >= 15 is 0 Å². The van der Waals surface area contributed by atoms with E-state index in [4.69, 9.17) is 4.74 Å². The lowest BCUT2D eigenvalue weighted by molar-refractivity contribution is 0.0763. The SMILES string of the molecule is CC1=CC2=C(OC(C)CC2)C(C)C1C. The van der Waals surface area contributed by atoms with Crippen molar-refractivity contribution < 1.29 is 4.74 Å². The van der Waals surface area contributed by atoms with Gasteiger partial charge in [0.05, 0.1) is 6.10 Å². The monoisotopic (exact) mass is 192 g/mol. The molecule has 2 rings (SSSR count). The van der Waals surface area contributed by atoms with Crippen LogP contribution in [0.3, 0.4) is 0 Å². The Hall–Kier alpha value is -0.720. The van der Waals surface area contributed by atoms with E-state index in [0.29, 0.717) is 17.9 Å². The van der Waals surface area contributed by atoms with Crippen molar-refractivity contribution in [3.63, 3.8) is 0 Å². The van der Waals surface area contributed by atoms with E-state index in [1.165, 1.54) is 29.7 Å². The highest BCUT2D eigenvalue weighted by molar-refractivity contribution is 5.34. The summed E-state index contributed by atoms with van der Waals surface area (Å²) in [6, 6.07) is 0. The van der Waals surface area contributed by atoms with Crippen LogP contribution in [0.4, 0.5) is 0 Å². The topological polar surface area (TPSA) is 9.23 Å². The fourth-order valence-electron chi connectivity index (χ4n) is 2.40. The Morgan fingerprint density at radius 2 is 1.93 bits per heavy atom. The second kappa shape index (κ2) is 3.45. The summed E-state index contributed by atoms with van der Waals surface area (Å²) in [5.41, 5.74) is 2.96. The smallest absolute Gasteiger partial charge is 0.103 e. The number of rotatable bonds is 0. The van der Waals surface area contributed by atoms with Crippen molar-refractivity contribution in [1.29, 1.82) is 0 Å². The predicted molar refractivity (Wildman–Crippen MR) is 58.9 cm³/mol. The summed E-state index contributed by atoms with van der Waals surface area (Å²) in [6.07, 6.45) is 5.12. The first kappa shape index (κ1) is 9.82. The van der Waals surface area contributed by atoms with E-state index in [2.05, 4.69) is 33.8 Å². The van der Waals surface area contributed by atoms with Crippen LogP contribution in [0.25, 0.3) is 0 Å². The average molecular weight is 192 g/mol. The molecule has 1 heterocycles. The molecule has 0 amide bonds. The van der Waals surface area contributed by atoms with Gasteiger partial charge < -0.3 is 4.74 Å². The van der Waals surface area contributed by atoms with Crippen molar-refractivity contribution in [1.82, 2.24) is 0 Å². The van der Waals surface area contributed by atoms with E-state index in [9.17, 15) is 0 Å². The summed E-state index contributed by atoms with van der Waals surface area (Å²) < 4.78 is 5.96. The third kappa shape index (κ3) is 1.49. The van der Waals surface area contributed by atoms with Crippen LogP contribution in [-0.2, 0) is 4.74 Å². The van der Waals surface area contributed by atoms with Gasteiger partial charge in [-0.15, -0.1) is 0 Å². The van der Waals surface area contributed by atoms with E-state index in [1.54, 1.807) is 0 Å². The lowest BCUT2D eigenvalue weighted by Gasteiger charge is -2.35. The number of ether oxygens (including phenoxy) is 1. The van der Waals surface area contributed by atoms with Crippen LogP contribution in [0.5, 0.6) is 0 Å². The minimum Gasteiger partial charge on any atom is -0.494 e. The van der Waals surface area contributed by atoms with Crippen LogP contribution >= 0.6 is 0 Å². The van der Waals surface area contributed by atoms with Gasteiger partial charge in [0.2, 0.25) is 0 Å². The molecule has 0 radical (unpaired) electrons. The highest BCUT2D eigenvalue weighted by Gasteiger charge is 2.30. The van der Waals surface area contributed by atoms with Crippen molar-refractivity contribution in [2.45, 2.75) is 46.6 Å². The normalized spacial score (nSPS) is 37.4. The first-order valence-electron chi connectivity index (χ1n) is 5.67. The molecule has 0 spiro atoms. The molecule has 0 saturated heterocycles. The van der Waals surface area contributed by atoms with Crippen molar-refractivity contribution in [2.75, 3.05) is 0 Å². The maximum atomic E-state index is 5.96. The second-order valence-corrected chi connectivity index (χ2v) is 4.82. The zero-order valence-electron chi connectivity index (χ0n) is 9.63. The van der Waals surface area contributed by atoms with Gasteiger partial charge in [0.25, 0.3) is 0 Å². The molecule has 1 aliphatic heterocycles. The standard InChI is InChI=1S/C13H20O/c1-8-7-12-6-5-9(2)14-13(12)11(4)10(8)3/h7,9-11H,5-6H2,1-4H3. The van der Waals surface area contributed by atoms with Gasteiger partial charge in [-0.25, -0.2) is 0 Å². The molecule has 0 aromatic carbocycles. The Balaban J connectivity index is 2.33. The van der Waals surface area contributed by atoms with Crippen LogP contribution < -0.4 is 0 Å². The molecule has 1 heteroatoms. The lowest BCUT2D eigenvalue weighted by atomic mass is 9.79. The van der Waals surface area contributed by atoms with Crippen molar-refractivity contribution in [3.8, 4) is 0 Å². The summed E-state index contributed by atoms with van der Waals surface area (Å²) in [6.45, 7) is 8.99. The molecule has 0 N–H and O–H groups in total. The van der Waals surface area contributed by atoms with Gasteiger partial charge in [0.15, 0.2) is 0 Å². The van der Waals surface area contributed by atoms with Gasteiger partial charge >= 0.3 is 0 Å². The minimum absolute atomic E-state index is 0.412. The van der Waals surface area contributed by atoms with E-state index in [1.807, 2.05) is 0 Å². The molecule has 14 heavy (non-hydrogen) atoms. The third-order valence-corrected chi connectivity index (χ3v) is 3.75. The zero-order chi connectivity index (χ0) is 10.3. The molecule has 3 unspecified atom stereocenters. The van der Waals surface area contributed by atoms with Crippen LogP contribution in [0.1, 0.15) is 40.5 Å². The molecular formula is C13H20O. The predicted octanol–water partition coefficient (Wildman–Crippen LogP) is 3.67. The molecule has 0 fully saturated rings. The van der Waals surface area contributed by atoms with Crippen molar-refractivity contribution >= 4 is 0 Å². The lowest BCUT2D eigenvalue weighted by Crippen LogP contribution is -2.26. The Bertz CT molecular complexity index is 298. The summed E-state index contributed by atoms with van der Waals surface area (Å²) in [5, 5.41) is 0. The van der Waals surface area contributed by atoms with Crippen LogP contribution in [0.2, 0.25) is 0 Å². The molecule has 3 atom stereocenters. The van der Waals surface area contributed by atoms with Gasteiger partial charge in [0.1, 0.15) is 5.76 Å². The van der Waals surface area contributed by atoms with Crippen molar-refractivity contribution in [2.24, 2.45) is 11.8 Å². The molecule has 0 aromatic heterocycles. The number of hydrogen-bond donors (Lipinski definition) is 0. The third-order valence-electron chi connectivity index (χ3n) is 3.75. The fourth-order valence-corrected chi connectivity index (χ4v) is 2.40. The van der Waals surface area contributed by atoms with Gasteiger partial charge in [-0.3, -0.25) is 0 Å². The Morgan fingerprint density at radius 1 is 1.21 bits per heavy atom. The maximum Gasteiger partial charge on any atom is 0.103 e. The summed E-state index contributed by atoms with van der Waals surface area (Å²) in [5.74, 6) is 2.47. The molecule has 2 aliphatic rings. The minimum atomic E-state index is 0.412. The van der Waals surface area contributed by atoms with Gasteiger partial charge in [0, 0.05) is 5.92 Å². The molecule has 1 aliphatic carbocycles. The Labute approximate surface area is 86.8 Å². The molecule has 78 valence electrons. The number of allylic oxidation sites excluding steroid dienone is 4. The van der Waals surface area contributed by atoms with Crippen LogP contribution in [0.15, 0.2) is 23.0 Å². The average Bonchev–Trinajstić information content (AvgIpc) is 2.16.